The summed E-state index contributed by atoms with van der Waals surface area (Å²) in [5.41, 5.74) is 1.89. The van der Waals surface area contributed by atoms with Crippen molar-refractivity contribution in [2.75, 3.05) is 11.9 Å². The zero-order valence-corrected chi connectivity index (χ0v) is 13.7. The monoisotopic (exact) mass is 341 g/mol. The number of anilines is 1. The highest BCUT2D eigenvalue weighted by molar-refractivity contribution is 5.73. The maximum absolute atomic E-state index is 13.8. The average molecular weight is 341 g/mol. The van der Waals surface area contributed by atoms with Gasteiger partial charge in [-0.1, -0.05) is 12.1 Å². The summed E-state index contributed by atoms with van der Waals surface area (Å²) >= 11 is 0. The molecule has 2 aromatic carbocycles. The second-order valence-corrected chi connectivity index (χ2v) is 6.04. The van der Waals surface area contributed by atoms with E-state index in [4.69, 9.17) is 0 Å². The van der Waals surface area contributed by atoms with E-state index in [0.29, 0.717) is 30.8 Å². The van der Waals surface area contributed by atoms with Gasteiger partial charge in [0.05, 0.1) is 11.7 Å². The van der Waals surface area contributed by atoms with Gasteiger partial charge in [-0.25, -0.2) is 8.78 Å². The molecule has 2 aromatic rings. The number of rotatable bonds is 2. The first-order valence-corrected chi connectivity index (χ1v) is 7.98. The van der Waals surface area contributed by atoms with Gasteiger partial charge >= 0.3 is 0 Å². The van der Waals surface area contributed by atoms with E-state index in [9.17, 15) is 18.8 Å². The summed E-state index contributed by atoms with van der Waals surface area (Å²) in [5, 5.41) is 12.4. The number of hydrogen-bond donors (Lipinski definition) is 1. The second-order valence-electron chi connectivity index (χ2n) is 6.04. The molecule has 128 valence electrons. The Labute approximate surface area is 144 Å². The molecule has 0 bridgehead atoms. The van der Waals surface area contributed by atoms with Crippen LogP contribution in [0.2, 0.25) is 0 Å². The van der Waals surface area contributed by atoms with Crippen LogP contribution >= 0.6 is 0 Å². The lowest BCUT2D eigenvalue weighted by molar-refractivity contribution is -0.129. The van der Waals surface area contributed by atoms with Crippen LogP contribution in [-0.2, 0) is 11.3 Å². The van der Waals surface area contributed by atoms with Crippen LogP contribution in [-0.4, -0.2) is 17.4 Å². The quantitative estimate of drug-likeness (QED) is 0.905. The van der Waals surface area contributed by atoms with Crippen molar-refractivity contribution in [2.45, 2.75) is 25.9 Å². The molecule has 0 saturated heterocycles. The number of nitrogens with one attached hydrogen (secondary N) is 1. The van der Waals surface area contributed by atoms with E-state index < -0.39 is 5.82 Å². The van der Waals surface area contributed by atoms with Crippen LogP contribution in [0, 0.1) is 23.0 Å². The largest absolute Gasteiger partial charge is 0.377 e. The summed E-state index contributed by atoms with van der Waals surface area (Å²) in [6.45, 7) is 2.29. The number of halogens is 2. The predicted molar refractivity (Wildman–Crippen MR) is 89.6 cm³/mol. The highest BCUT2D eigenvalue weighted by atomic mass is 19.1. The summed E-state index contributed by atoms with van der Waals surface area (Å²) in [5.74, 6) is -1.04. The molecule has 1 atom stereocenters. The molecule has 0 spiro atoms. The van der Waals surface area contributed by atoms with E-state index in [2.05, 4.69) is 5.32 Å². The highest BCUT2D eigenvalue weighted by Gasteiger charge is 2.25. The Morgan fingerprint density at radius 1 is 1.32 bits per heavy atom. The number of nitriles is 1. The lowest BCUT2D eigenvalue weighted by atomic mass is 9.98. The Kier molecular flexibility index (Phi) is 4.66. The summed E-state index contributed by atoms with van der Waals surface area (Å²) < 4.78 is 27.5. The van der Waals surface area contributed by atoms with Crippen LogP contribution in [0.3, 0.4) is 0 Å². The van der Waals surface area contributed by atoms with Crippen molar-refractivity contribution in [3.63, 3.8) is 0 Å². The Morgan fingerprint density at radius 3 is 2.84 bits per heavy atom. The molecule has 0 saturated carbocycles. The van der Waals surface area contributed by atoms with Crippen LogP contribution in [0.5, 0.6) is 0 Å². The van der Waals surface area contributed by atoms with Crippen molar-refractivity contribution in [2.24, 2.45) is 0 Å². The van der Waals surface area contributed by atoms with Crippen molar-refractivity contribution in [3.05, 3.63) is 64.7 Å². The standard InChI is InChI=1S/C19H17F2N3O/c1-12(25)24-8-7-19(15-6-5-14(20)9-13(15)11-24)23-18-4-2-3-17(21)16(18)10-22/h2-6,9,19,23H,7-8,11H2,1H3/t19-/m0/s1. The molecule has 0 fully saturated rings. The molecule has 1 aliphatic heterocycles. The van der Waals surface area contributed by atoms with Crippen LogP contribution in [0.4, 0.5) is 14.5 Å². The predicted octanol–water partition coefficient (Wildman–Crippen LogP) is 3.74. The average Bonchev–Trinajstić information content (AvgIpc) is 2.74. The number of hydrogen-bond acceptors (Lipinski definition) is 3. The van der Waals surface area contributed by atoms with Gasteiger partial charge in [0, 0.05) is 20.0 Å². The molecule has 1 N–H and O–H groups in total. The van der Waals surface area contributed by atoms with Crippen LogP contribution in [0.25, 0.3) is 0 Å². The molecule has 1 heterocycles. The fourth-order valence-electron chi connectivity index (χ4n) is 3.14. The summed E-state index contributed by atoms with van der Waals surface area (Å²) in [7, 11) is 0. The van der Waals surface area contributed by atoms with E-state index in [1.165, 1.54) is 31.2 Å². The third-order valence-corrected chi connectivity index (χ3v) is 4.43. The smallest absolute Gasteiger partial charge is 0.219 e. The van der Waals surface area contributed by atoms with Crippen molar-refractivity contribution in [1.29, 1.82) is 5.26 Å². The first-order chi connectivity index (χ1) is 12.0. The molecule has 0 radical (unpaired) electrons. The zero-order valence-electron chi connectivity index (χ0n) is 13.7. The van der Waals surface area contributed by atoms with Gasteiger partial charge in [-0.2, -0.15) is 5.26 Å². The lowest BCUT2D eigenvalue weighted by Gasteiger charge is -2.21. The molecule has 1 aliphatic rings. The van der Waals surface area contributed by atoms with Gasteiger partial charge in [-0.3, -0.25) is 4.79 Å². The zero-order chi connectivity index (χ0) is 18.0. The third-order valence-electron chi connectivity index (χ3n) is 4.43. The first kappa shape index (κ1) is 16.9. The fourth-order valence-corrected chi connectivity index (χ4v) is 3.14. The van der Waals surface area contributed by atoms with E-state index >= 15 is 0 Å². The number of carbonyl (C=O) groups is 1. The van der Waals surface area contributed by atoms with Crippen LogP contribution in [0.1, 0.15) is 36.1 Å². The van der Waals surface area contributed by atoms with Gasteiger partial charge in [0.25, 0.3) is 0 Å². The van der Waals surface area contributed by atoms with Crippen molar-refractivity contribution in [1.82, 2.24) is 4.90 Å². The normalized spacial score (nSPS) is 16.6. The summed E-state index contributed by atoms with van der Waals surface area (Å²) in [6.07, 6.45) is 0.569. The fraction of sp³-hybridized carbons (Fsp3) is 0.263. The lowest BCUT2D eigenvalue weighted by Crippen LogP contribution is -2.28. The van der Waals surface area contributed by atoms with Gasteiger partial charge in [0.15, 0.2) is 0 Å². The maximum atomic E-state index is 13.8. The minimum absolute atomic E-state index is 0.0566. The molecule has 6 heteroatoms. The second kappa shape index (κ2) is 6.89. The van der Waals surface area contributed by atoms with Gasteiger partial charge in [0.2, 0.25) is 5.91 Å². The van der Waals surface area contributed by atoms with Crippen LogP contribution < -0.4 is 5.32 Å². The number of carbonyl (C=O) groups excluding carboxylic acids is 1. The molecule has 0 unspecified atom stereocenters. The Bertz CT molecular complexity index is 860. The topological polar surface area (TPSA) is 56.1 Å². The number of benzene rings is 2. The highest BCUT2D eigenvalue weighted by Crippen LogP contribution is 2.32. The van der Waals surface area contributed by atoms with Gasteiger partial charge < -0.3 is 10.2 Å². The van der Waals surface area contributed by atoms with Crippen molar-refractivity contribution < 1.29 is 13.6 Å². The first-order valence-electron chi connectivity index (χ1n) is 7.98. The van der Waals surface area contributed by atoms with Crippen LogP contribution in [0.15, 0.2) is 36.4 Å². The SMILES string of the molecule is CC(=O)N1CC[C@H](Nc2cccc(F)c2C#N)c2ccc(F)cc2C1. The van der Waals surface area contributed by atoms with Gasteiger partial charge in [0.1, 0.15) is 23.3 Å². The number of fused-ring (bicyclic) bond motifs is 1. The minimum atomic E-state index is -0.592. The van der Waals surface area contributed by atoms with Crippen molar-refractivity contribution >= 4 is 11.6 Å². The minimum Gasteiger partial charge on any atom is -0.377 e. The summed E-state index contributed by atoms with van der Waals surface area (Å²) in [4.78, 5) is 13.4. The molecular formula is C19H17F2N3O. The molecule has 1 amide bonds. The molecule has 25 heavy (non-hydrogen) atoms. The molecule has 3 rings (SSSR count). The van der Waals surface area contributed by atoms with Gasteiger partial charge in [-0.15, -0.1) is 0 Å². The maximum Gasteiger partial charge on any atom is 0.219 e. The molecular weight excluding hydrogens is 324 g/mol. The van der Waals surface area contributed by atoms with Crippen molar-refractivity contribution in [3.8, 4) is 6.07 Å². The van der Waals surface area contributed by atoms with E-state index in [-0.39, 0.29) is 23.3 Å². The van der Waals surface area contributed by atoms with E-state index in [1.54, 1.807) is 17.0 Å². The Balaban J connectivity index is 1.99. The van der Waals surface area contributed by atoms with Gasteiger partial charge in [-0.05, 0) is 41.8 Å². The number of amides is 1. The van der Waals surface area contributed by atoms with E-state index in [1.807, 2.05) is 6.07 Å². The number of nitrogens with zero attached hydrogens (tertiary/aromatic N) is 2. The Hall–Kier alpha value is -2.94. The molecule has 0 aliphatic carbocycles. The Morgan fingerprint density at radius 2 is 2.12 bits per heavy atom. The summed E-state index contributed by atoms with van der Waals surface area (Å²) in [6, 6.07) is 10.5. The molecule has 0 aromatic heterocycles. The molecule has 4 nitrogen and oxygen atoms in total. The van der Waals surface area contributed by atoms with E-state index in [0.717, 1.165) is 5.56 Å². The third kappa shape index (κ3) is 3.45.